The molecule has 120 valence electrons. The van der Waals surface area contributed by atoms with Crippen molar-refractivity contribution in [3.8, 4) is 5.75 Å². The number of carbonyl (C=O) groups is 1. The first-order chi connectivity index (χ1) is 10.6. The van der Waals surface area contributed by atoms with Gasteiger partial charge in [-0.2, -0.15) is 0 Å². The first kappa shape index (κ1) is 16.3. The Morgan fingerprint density at radius 1 is 1.50 bits per heavy atom. The maximum absolute atomic E-state index is 10.7. The fourth-order valence-corrected chi connectivity index (χ4v) is 2.27. The van der Waals surface area contributed by atoms with Crippen molar-refractivity contribution in [2.75, 3.05) is 19.7 Å². The van der Waals surface area contributed by atoms with Crippen LogP contribution in [0.2, 0.25) is 0 Å². The van der Waals surface area contributed by atoms with Crippen LogP contribution in [0.3, 0.4) is 0 Å². The van der Waals surface area contributed by atoms with Gasteiger partial charge >= 0.3 is 5.97 Å². The molecule has 2 atom stereocenters. The SMILES string of the molecule is C[C@@H](COc1ccc(C(=N)NC2CCCNC2)cc1)C(=O)O. The van der Waals surface area contributed by atoms with Crippen molar-refractivity contribution in [3.05, 3.63) is 29.8 Å². The number of amidine groups is 1. The number of nitrogens with one attached hydrogen (secondary N) is 3. The molecule has 4 N–H and O–H groups in total. The van der Waals surface area contributed by atoms with Crippen LogP contribution in [0.25, 0.3) is 0 Å². The molecule has 0 saturated carbocycles. The van der Waals surface area contributed by atoms with Crippen LogP contribution in [0, 0.1) is 11.3 Å². The fraction of sp³-hybridized carbons (Fsp3) is 0.500. The van der Waals surface area contributed by atoms with Gasteiger partial charge in [-0.15, -0.1) is 0 Å². The lowest BCUT2D eigenvalue weighted by Crippen LogP contribution is -2.45. The van der Waals surface area contributed by atoms with Gasteiger partial charge in [-0.3, -0.25) is 10.2 Å². The number of carboxylic acid groups (broad SMARTS) is 1. The lowest BCUT2D eigenvalue weighted by molar-refractivity contribution is -0.142. The minimum Gasteiger partial charge on any atom is -0.493 e. The molecule has 1 fully saturated rings. The first-order valence-electron chi connectivity index (χ1n) is 7.58. The highest BCUT2D eigenvalue weighted by Crippen LogP contribution is 2.14. The van der Waals surface area contributed by atoms with E-state index in [0.717, 1.165) is 31.5 Å². The molecular formula is C16H23N3O3. The number of hydrogen-bond acceptors (Lipinski definition) is 4. The van der Waals surface area contributed by atoms with Crippen LogP contribution in [0.15, 0.2) is 24.3 Å². The Bertz CT molecular complexity index is 510. The lowest BCUT2D eigenvalue weighted by atomic mass is 10.1. The average molecular weight is 305 g/mol. The van der Waals surface area contributed by atoms with Crippen molar-refractivity contribution in [3.63, 3.8) is 0 Å². The summed E-state index contributed by atoms with van der Waals surface area (Å²) in [6.45, 7) is 3.68. The zero-order valence-corrected chi connectivity index (χ0v) is 12.8. The van der Waals surface area contributed by atoms with Crippen LogP contribution in [-0.4, -0.2) is 42.6 Å². The van der Waals surface area contributed by atoms with Crippen molar-refractivity contribution < 1.29 is 14.6 Å². The van der Waals surface area contributed by atoms with Crippen LogP contribution in [0.4, 0.5) is 0 Å². The van der Waals surface area contributed by atoms with Crippen LogP contribution in [-0.2, 0) is 4.79 Å². The largest absolute Gasteiger partial charge is 0.493 e. The highest BCUT2D eigenvalue weighted by molar-refractivity contribution is 5.96. The maximum atomic E-state index is 10.7. The summed E-state index contributed by atoms with van der Waals surface area (Å²) in [5.41, 5.74) is 0.796. The third-order valence-corrected chi connectivity index (χ3v) is 3.71. The predicted molar refractivity (Wildman–Crippen MR) is 84.6 cm³/mol. The smallest absolute Gasteiger partial charge is 0.309 e. The van der Waals surface area contributed by atoms with E-state index in [2.05, 4.69) is 10.6 Å². The van der Waals surface area contributed by atoms with Crippen molar-refractivity contribution >= 4 is 11.8 Å². The molecule has 22 heavy (non-hydrogen) atoms. The van der Waals surface area contributed by atoms with Gasteiger partial charge in [0, 0.05) is 18.2 Å². The predicted octanol–water partition coefficient (Wildman–Crippen LogP) is 1.45. The van der Waals surface area contributed by atoms with Crippen molar-refractivity contribution in [2.45, 2.75) is 25.8 Å². The summed E-state index contributed by atoms with van der Waals surface area (Å²) in [6.07, 6.45) is 2.20. The van der Waals surface area contributed by atoms with Gasteiger partial charge in [0.05, 0.1) is 5.92 Å². The molecule has 1 unspecified atom stereocenters. The molecule has 0 spiro atoms. The van der Waals surface area contributed by atoms with E-state index in [1.54, 1.807) is 19.1 Å². The van der Waals surface area contributed by atoms with Gasteiger partial charge in [0.2, 0.25) is 0 Å². The Hall–Kier alpha value is -2.08. The second-order valence-electron chi connectivity index (χ2n) is 5.64. The van der Waals surface area contributed by atoms with Crippen LogP contribution < -0.4 is 15.4 Å². The van der Waals surface area contributed by atoms with Gasteiger partial charge in [-0.05, 0) is 50.6 Å². The third kappa shape index (κ3) is 4.73. The summed E-state index contributed by atoms with van der Waals surface area (Å²) in [4.78, 5) is 10.7. The van der Waals surface area contributed by atoms with Crippen molar-refractivity contribution in [1.82, 2.24) is 10.6 Å². The summed E-state index contributed by atoms with van der Waals surface area (Å²) >= 11 is 0. The number of rotatable bonds is 6. The van der Waals surface area contributed by atoms with E-state index in [4.69, 9.17) is 15.3 Å². The number of piperidine rings is 1. The van der Waals surface area contributed by atoms with Gasteiger partial charge in [-0.1, -0.05) is 0 Å². The van der Waals surface area contributed by atoms with E-state index in [1.165, 1.54) is 0 Å². The molecule has 2 rings (SSSR count). The normalized spacial score (nSPS) is 19.2. The highest BCUT2D eigenvalue weighted by Gasteiger charge is 2.15. The summed E-state index contributed by atoms with van der Waals surface area (Å²) in [5.74, 6) is -0.398. The standard InChI is InChI=1S/C16H23N3O3/c1-11(16(20)21)10-22-14-6-4-12(5-7-14)15(17)19-13-3-2-8-18-9-13/h4-7,11,13,18H,2-3,8-10H2,1H3,(H2,17,19)(H,20,21)/t11-,13?/m0/s1. The second-order valence-corrected chi connectivity index (χ2v) is 5.64. The molecule has 1 aromatic rings. The first-order valence-corrected chi connectivity index (χ1v) is 7.58. The third-order valence-electron chi connectivity index (χ3n) is 3.71. The molecular weight excluding hydrogens is 282 g/mol. The minimum absolute atomic E-state index is 0.137. The Kier molecular flexibility index (Phi) is 5.77. The Labute approximate surface area is 130 Å². The summed E-state index contributed by atoms with van der Waals surface area (Å²) in [7, 11) is 0. The van der Waals surface area contributed by atoms with Crippen LogP contribution >= 0.6 is 0 Å². The fourth-order valence-electron chi connectivity index (χ4n) is 2.27. The van der Waals surface area contributed by atoms with E-state index in [0.29, 0.717) is 17.6 Å². The highest BCUT2D eigenvalue weighted by atomic mass is 16.5. The van der Waals surface area contributed by atoms with Crippen molar-refractivity contribution in [2.24, 2.45) is 5.92 Å². The zero-order valence-electron chi connectivity index (χ0n) is 12.8. The molecule has 6 nitrogen and oxygen atoms in total. The summed E-state index contributed by atoms with van der Waals surface area (Å²) in [5, 5.41) is 23.4. The number of hydrogen-bond donors (Lipinski definition) is 4. The number of ether oxygens (including phenoxy) is 1. The Morgan fingerprint density at radius 2 is 2.23 bits per heavy atom. The molecule has 0 amide bonds. The molecule has 1 aliphatic rings. The molecule has 1 aromatic carbocycles. The second kappa shape index (κ2) is 7.79. The molecule has 0 aromatic heterocycles. The number of aliphatic carboxylic acids is 1. The van der Waals surface area contributed by atoms with Gasteiger partial charge < -0.3 is 20.5 Å². The van der Waals surface area contributed by atoms with E-state index < -0.39 is 11.9 Å². The van der Waals surface area contributed by atoms with Gasteiger partial charge in [-0.25, -0.2) is 0 Å². The molecule has 1 heterocycles. The maximum Gasteiger partial charge on any atom is 0.309 e. The quantitative estimate of drug-likeness (QED) is 0.471. The summed E-state index contributed by atoms with van der Waals surface area (Å²) < 4.78 is 5.43. The monoisotopic (exact) mass is 305 g/mol. The molecule has 1 saturated heterocycles. The molecule has 6 heteroatoms. The number of benzene rings is 1. The van der Waals surface area contributed by atoms with Gasteiger partial charge in [0.15, 0.2) is 0 Å². The lowest BCUT2D eigenvalue weighted by Gasteiger charge is -2.25. The summed E-state index contributed by atoms with van der Waals surface area (Å²) in [6, 6.07) is 7.45. The van der Waals surface area contributed by atoms with E-state index >= 15 is 0 Å². The number of carboxylic acids is 1. The van der Waals surface area contributed by atoms with E-state index in [-0.39, 0.29) is 6.61 Å². The Balaban J connectivity index is 1.85. The Morgan fingerprint density at radius 3 is 2.82 bits per heavy atom. The van der Waals surface area contributed by atoms with Gasteiger partial charge in [0.1, 0.15) is 18.2 Å². The molecule has 0 radical (unpaired) electrons. The van der Waals surface area contributed by atoms with Crippen LogP contribution in [0.1, 0.15) is 25.3 Å². The molecule has 0 bridgehead atoms. The minimum atomic E-state index is -0.872. The average Bonchev–Trinajstić information content (AvgIpc) is 2.54. The molecule has 0 aliphatic carbocycles. The van der Waals surface area contributed by atoms with Crippen molar-refractivity contribution in [1.29, 1.82) is 5.41 Å². The zero-order chi connectivity index (χ0) is 15.9. The van der Waals surface area contributed by atoms with E-state index in [1.807, 2.05) is 12.1 Å². The molecule has 1 aliphatic heterocycles. The topological polar surface area (TPSA) is 94.4 Å². The van der Waals surface area contributed by atoms with Gasteiger partial charge in [0.25, 0.3) is 0 Å². The van der Waals surface area contributed by atoms with E-state index in [9.17, 15) is 4.79 Å². The van der Waals surface area contributed by atoms with Crippen LogP contribution in [0.5, 0.6) is 5.75 Å².